The zero-order valence-electron chi connectivity index (χ0n) is 43.4. The second kappa shape index (κ2) is 19.6. The summed E-state index contributed by atoms with van der Waals surface area (Å²) in [7, 11) is 0. The molecule has 15 rings (SSSR count). The third kappa shape index (κ3) is 8.22. The molecule has 0 N–H and O–H groups in total. The van der Waals surface area contributed by atoms with Crippen molar-refractivity contribution in [3.63, 3.8) is 0 Å². The summed E-state index contributed by atoms with van der Waals surface area (Å²) in [6, 6.07) is 99.3. The van der Waals surface area contributed by atoms with Gasteiger partial charge in [-0.3, -0.25) is 4.98 Å². The first-order valence-corrected chi connectivity index (χ1v) is 27.0. The second-order valence-electron chi connectivity index (χ2n) is 20.2. The summed E-state index contributed by atoms with van der Waals surface area (Å²) in [5.74, 6) is 1.77. The van der Waals surface area contributed by atoms with Gasteiger partial charge in [0.25, 0.3) is 0 Å². The Bertz CT molecular complexity index is 4530. The Morgan fingerprint density at radius 1 is 0.225 bits per heavy atom. The van der Waals surface area contributed by atoms with E-state index in [-0.39, 0.29) is 0 Å². The van der Waals surface area contributed by atoms with Crippen molar-refractivity contribution in [2.75, 3.05) is 0 Å². The Balaban J connectivity index is 1.02. The molecule has 0 aliphatic heterocycles. The average molecular weight is 1020 g/mol. The second-order valence-corrected chi connectivity index (χ2v) is 20.2. The van der Waals surface area contributed by atoms with E-state index in [2.05, 4.69) is 252 Å². The average Bonchev–Trinajstić information content (AvgIpc) is 4.23. The molecule has 0 atom stereocenters. The highest BCUT2D eigenvalue weighted by atomic mass is 15.0. The molecule has 6 nitrogen and oxygen atoms in total. The highest BCUT2D eigenvalue weighted by molar-refractivity contribution is 6.14. The maximum absolute atomic E-state index is 5.27. The first-order valence-electron chi connectivity index (χ1n) is 27.0. The minimum Gasteiger partial charge on any atom is -0.309 e. The van der Waals surface area contributed by atoms with Crippen LogP contribution < -0.4 is 0 Å². The van der Waals surface area contributed by atoms with Gasteiger partial charge < -0.3 is 9.13 Å². The molecule has 0 unspecified atom stereocenters. The first-order chi connectivity index (χ1) is 39.7. The van der Waals surface area contributed by atoms with Crippen LogP contribution in [-0.2, 0) is 0 Å². The lowest BCUT2D eigenvalue weighted by molar-refractivity contribution is 1.07. The van der Waals surface area contributed by atoms with E-state index in [0.29, 0.717) is 17.5 Å². The molecule has 0 radical (unpaired) electrons. The molecule has 6 heteroatoms. The summed E-state index contributed by atoms with van der Waals surface area (Å²) in [6.45, 7) is 0. The normalized spacial score (nSPS) is 11.5. The molecule has 0 saturated heterocycles. The summed E-state index contributed by atoms with van der Waals surface area (Å²) in [6.07, 6.45) is 3.94. The lowest BCUT2D eigenvalue weighted by Crippen LogP contribution is -2.04. The van der Waals surface area contributed by atoms with Crippen LogP contribution in [-0.4, -0.2) is 29.1 Å². The van der Waals surface area contributed by atoms with Gasteiger partial charge in [0, 0.05) is 61.8 Å². The Hall–Kier alpha value is -10.8. The number of fused-ring (bicyclic) bond motifs is 6. The van der Waals surface area contributed by atoms with E-state index in [9.17, 15) is 0 Å². The molecule has 0 fully saturated rings. The maximum atomic E-state index is 5.27. The Morgan fingerprint density at radius 3 is 0.875 bits per heavy atom. The van der Waals surface area contributed by atoms with Crippen molar-refractivity contribution < 1.29 is 0 Å². The van der Waals surface area contributed by atoms with Crippen LogP contribution in [0.5, 0.6) is 0 Å². The molecule has 15 aromatic rings. The van der Waals surface area contributed by atoms with Gasteiger partial charge in [-0.05, 0) is 117 Å². The molecule has 0 amide bonds. The van der Waals surface area contributed by atoms with Gasteiger partial charge in [0.15, 0.2) is 17.5 Å². The highest BCUT2D eigenvalue weighted by Crippen LogP contribution is 2.44. The fourth-order valence-corrected chi connectivity index (χ4v) is 11.6. The topological polar surface area (TPSA) is 61.4 Å². The lowest BCUT2D eigenvalue weighted by Gasteiger charge is -2.19. The molecule has 4 heterocycles. The van der Waals surface area contributed by atoms with Gasteiger partial charge in [-0.15, -0.1) is 0 Å². The first kappa shape index (κ1) is 46.5. The minimum absolute atomic E-state index is 0.567. The zero-order valence-corrected chi connectivity index (χ0v) is 43.4. The van der Waals surface area contributed by atoms with E-state index in [0.717, 1.165) is 105 Å². The molecule has 0 aliphatic carbocycles. The Kier molecular flexibility index (Phi) is 11.4. The number of hydrogen-bond acceptors (Lipinski definition) is 4. The lowest BCUT2D eigenvalue weighted by atomic mass is 9.99. The van der Waals surface area contributed by atoms with Gasteiger partial charge in [0.05, 0.1) is 33.4 Å². The molecular formula is C74H48N6. The number of benzene rings is 11. The largest absolute Gasteiger partial charge is 0.309 e. The maximum Gasteiger partial charge on any atom is 0.164 e. The van der Waals surface area contributed by atoms with Crippen molar-refractivity contribution in [1.82, 2.24) is 29.1 Å². The van der Waals surface area contributed by atoms with Crippen molar-refractivity contribution in [2.24, 2.45) is 0 Å². The molecule has 374 valence electrons. The van der Waals surface area contributed by atoms with E-state index in [1.54, 1.807) is 0 Å². The molecule has 0 saturated carbocycles. The fourth-order valence-electron chi connectivity index (χ4n) is 11.6. The number of rotatable bonds is 10. The third-order valence-corrected chi connectivity index (χ3v) is 15.5. The van der Waals surface area contributed by atoms with Crippen LogP contribution in [0, 0.1) is 0 Å². The summed E-state index contributed by atoms with van der Waals surface area (Å²) in [5.41, 5.74) is 20.2. The van der Waals surface area contributed by atoms with Gasteiger partial charge >= 0.3 is 0 Å². The Morgan fingerprint density at radius 2 is 0.525 bits per heavy atom. The fraction of sp³-hybridized carbons (Fsp3) is 0. The smallest absolute Gasteiger partial charge is 0.164 e. The van der Waals surface area contributed by atoms with Gasteiger partial charge in [-0.25, -0.2) is 15.0 Å². The molecule has 4 aromatic heterocycles. The number of pyridine rings is 1. The summed E-state index contributed by atoms with van der Waals surface area (Å²) < 4.78 is 4.86. The molecule has 11 aromatic carbocycles. The SMILES string of the molecule is c1ccc(-c2ccc3c(c2)c2cc(-c4ccccc4)ccc2n3-c2ccncc2-c2cc(-c3nc(-c4ccccc4)nc(-c4ccccc4)n3)ccc2-n2c3ccc(-c4ccccc4)cc3c3cc(-c4ccccc4)ccc32)cc1. The van der Waals surface area contributed by atoms with E-state index in [1.807, 2.05) is 48.8 Å². The van der Waals surface area contributed by atoms with Crippen LogP contribution in [0.4, 0.5) is 0 Å². The van der Waals surface area contributed by atoms with Crippen LogP contribution in [0.1, 0.15) is 0 Å². The van der Waals surface area contributed by atoms with Crippen molar-refractivity contribution in [1.29, 1.82) is 0 Å². The van der Waals surface area contributed by atoms with E-state index >= 15 is 0 Å². The van der Waals surface area contributed by atoms with Gasteiger partial charge in [0.2, 0.25) is 0 Å². The van der Waals surface area contributed by atoms with Crippen LogP contribution in [0.25, 0.3) is 145 Å². The number of aromatic nitrogens is 6. The van der Waals surface area contributed by atoms with Gasteiger partial charge in [0.1, 0.15) is 0 Å². The predicted molar refractivity (Wildman–Crippen MR) is 330 cm³/mol. The molecular weight excluding hydrogens is 973 g/mol. The van der Waals surface area contributed by atoms with Crippen molar-refractivity contribution in [2.45, 2.75) is 0 Å². The zero-order chi connectivity index (χ0) is 52.9. The molecule has 80 heavy (non-hydrogen) atoms. The number of nitrogens with zero attached hydrogens (tertiary/aromatic N) is 6. The van der Waals surface area contributed by atoms with Crippen molar-refractivity contribution >= 4 is 43.6 Å². The molecule has 0 spiro atoms. The summed E-state index contributed by atoms with van der Waals surface area (Å²) in [5, 5.41) is 4.63. The molecule has 0 aliphatic rings. The summed E-state index contributed by atoms with van der Waals surface area (Å²) in [4.78, 5) is 20.6. The standard InChI is InChI=1S/C74H48N6/c1-7-19-49(20-8-1)55-31-36-66-60(43-55)61-44-56(50-21-9-2-10-22-50)32-37-67(61)79(66)70-40-35-59(74-77-72(53-27-15-5-16-28-53)76-73(78-74)54-29-17-6-18-30-54)47-64(70)65-48-75-42-41-71(65)80-68-38-33-57(51-23-11-3-12-24-51)45-62(68)63-46-58(34-39-69(63)80)52-25-13-4-14-26-52/h1-48H. The van der Waals surface area contributed by atoms with E-state index in [1.165, 1.54) is 22.3 Å². The quantitative estimate of drug-likeness (QED) is 0.137. The van der Waals surface area contributed by atoms with Crippen LogP contribution in [0.2, 0.25) is 0 Å². The van der Waals surface area contributed by atoms with Crippen LogP contribution in [0.15, 0.2) is 291 Å². The number of hydrogen-bond donors (Lipinski definition) is 0. The van der Waals surface area contributed by atoms with Gasteiger partial charge in [-0.1, -0.05) is 206 Å². The predicted octanol–water partition coefficient (Wildman–Crippen LogP) is 18.8. The molecule has 0 bridgehead atoms. The third-order valence-electron chi connectivity index (χ3n) is 15.5. The van der Waals surface area contributed by atoms with E-state index in [4.69, 9.17) is 19.9 Å². The van der Waals surface area contributed by atoms with E-state index < -0.39 is 0 Å². The van der Waals surface area contributed by atoms with Crippen molar-refractivity contribution in [3.05, 3.63) is 291 Å². The van der Waals surface area contributed by atoms with Crippen molar-refractivity contribution in [3.8, 4) is 101 Å². The van der Waals surface area contributed by atoms with Crippen LogP contribution in [0.3, 0.4) is 0 Å². The van der Waals surface area contributed by atoms with Crippen LogP contribution >= 0.6 is 0 Å². The van der Waals surface area contributed by atoms with Gasteiger partial charge in [-0.2, -0.15) is 0 Å². The monoisotopic (exact) mass is 1020 g/mol. The minimum atomic E-state index is 0.567. The highest BCUT2D eigenvalue weighted by Gasteiger charge is 2.24. The Labute approximate surface area is 462 Å². The summed E-state index contributed by atoms with van der Waals surface area (Å²) >= 11 is 0.